The van der Waals surface area contributed by atoms with Crippen LogP contribution in [0.4, 0.5) is 0 Å². The lowest BCUT2D eigenvalue weighted by Gasteiger charge is -2.12. The molecule has 0 aliphatic carbocycles. The van der Waals surface area contributed by atoms with Crippen LogP contribution >= 0.6 is 11.8 Å². The molecule has 0 radical (unpaired) electrons. The molecule has 0 bridgehead atoms. The van der Waals surface area contributed by atoms with E-state index in [1.807, 2.05) is 12.1 Å². The molecule has 0 saturated heterocycles. The van der Waals surface area contributed by atoms with Gasteiger partial charge in [0.2, 0.25) is 0 Å². The smallest absolute Gasteiger partial charge is 0.337 e. The lowest BCUT2D eigenvalue weighted by molar-refractivity contribution is 0.0601. The van der Waals surface area contributed by atoms with E-state index in [2.05, 4.69) is 54.4 Å². The summed E-state index contributed by atoms with van der Waals surface area (Å²) < 4.78 is 9.44. The van der Waals surface area contributed by atoms with Crippen molar-refractivity contribution < 1.29 is 9.53 Å². The number of esters is 1. The summed E-state index contributed by atoms with van der Waals surface area (Å²) in [7, 11) is 1.40. The molecule has 4 aromatic rings. The van der Waals surface area contributed by atoms with E-state index in [4.69, 9.17) is 14.7 Å². The fraction of sp³-hybridized carbons (Fsp3) is 0.400. The molecule has 0 spiro atoms. The first-order valence-electron chi connectivity index (χ1n) is 11.1. The molecule has 4 rings (SSSR count). The average Bonchev–Trinajstić information content (AvgIpc) is 3.33. The Hall–Kier alpha value is -2.80. The molecular formula is C25H30N4O2S. The second-order valence-corrected chi connectivity index (χ2v) is 9.22. The first-order chi connectivity index (χ1) is 15.5. The van der Waals surface area contributed by atoms with Crippen molar-refractivity contribution in [2.75, 3.05) is 13.4 Å². The summed E-state index contributed by atoms with van der Waals surface area (Å²) in [5.41, 5.74) is 5.49. The number of rotatable bonds is 8. The summed E-state index contributed by atoms with van der Waals surface area (Å²) >= 11 is 1.68. The zero-order valence-corrected chi connectivity index (χ0v) is 20.2. The third-order valence-electron chi connectivity index (χ3n) is 5.61. The molecule has 0 N–H and O–H groups in total. The van der Waals surface area contributed by atoms with Crippen LogP contribution in [0.25, 0.3) is 33.5 Å². The third kappa shape index (κ3) is 4.13. The average molecular weight is 451 g/mol. The number of hydrogen-bond donors (Lipinski definition) is 0. The minimum atomic E-state index is -0.351. The number of thioether (sulfide) groups is 1. The Morgan fingerprint density at radius 3 is 2.47 bits per heavy atom. The Morgan fingerprint density at radius 1 is 1.06 bits per heavy atom. The van der Waals surface area contributed by atoms with E-state index in [0.717, 1.165) is 64.5 Å². The van der Waals surface area contributed by atoms with E-state index in [1.165, 1.54) is 7.11 Å². The highest BCUT2D eigenvalue weighted by atomic mass is 32.2. The van der Waals surface area contributed by atoms with Crippen molar-refractivity contribution in [3.63, 3.8) is 0 Å². The molecule has 168 valence electrons. The summed E-state index contributed by atoms with van der Waals surface area (Å²) in [5, 5.41) is 1.05. The van der Waals surface area contributed by atoms with Crippen molar-refractivity contribution >= 4 is 39.8 Å². The molecular weight excluding hydrogens is 420 g/mol. The summed E-state index contributed by atoms with van der Waals surface area (Å²) in [6.45, 7) is 8.41. The molecule has 0 saturated carbocycles. The number of nitrogens with zero attached hydrogens (tertiary/aromatic N) is 4. The number of aromatic nitrogens is 4. The van der Waals surface area contributed by atoms with Crippen LogP contribution < -0.4 is 0 Å². The predicted molar refractivity (Wildman–Crippen MR) is 131 cm³/mol. The molecule has 7 heteroatoms. The van der Waals surface area contributed by atoms with Crippen LogP contribution in [-0.2, 0) is 17.8 Å². The number of fused-ring (bicyclic) bond motifs is 2. The van der Waals surface area contributed by atoms with Crippen molar-refractivity contribution in [1.82, 2.24) is 19.1 Å². The maximum atomic E-state index is 12.0. The molecule has 2 heterocycles. The van der Waals surface area contributed by atoms with Gasteiger partial charge in [-0.2, -0.15) is 0 Å². The number of ether oxygens (including phenoxy) is 1. The molecule has 0 aliphatic heterocycles. The van der Waals surface area contributed by atoms with Crippen molar-refractivity contribution in [3.05, 3.63) is 42.0 Å². The predicted octanol–water partition coefficient (Wildman–Crippen LogP) is 6.02. The number of carbonyl (C=O) groups is 1. The second kappa shape index (κ2) is 9.36. The summed E-state index contributed by atoms with van der Waals surface area (Å²) in [6, 6.07) is 12.0. The monoisotopic (exact) mass is 450 g/mol. The van der Waals surface area contributed by atoms with Crippen LogP contribution in [0.5, 0.6) is 0 Å². The zero-order chi connectivity index (χ0) is 22.8. The van der Waals surface area contributed by atoms with Gasteiger partial charge in [0.05, 0.1) is 34.7 Å². The van der Waals surface area contributed by atoms with E-state index < -0.39 is 0 Å². The van der Waals surface area contributed by atoms with Gasteiger partial charge in [-0.25, -0.2) is 14.8 Å². The van der Waals surface area contributed by atoms with Crippen molar-refractivity contribution in [2.45, 2.75) is 51.9 Å². The number of imidazole rings is 2. The maximum Gasteiger partial charge on any atom is 0.337 e. The summed E-state index contributed by atoms with van der Waals surface area (Å²) in [6.07, 6.45) is 4.36. The lowest BCUT2D eigenvalue weighted by atomic mass is 10.1. The van der Waals surface area contributed by atoms with E-state index in [1.54, 1.807) is 17.8 Å². The van der Waals surface area contributed by atoms with E-state index in [9.17, 15) is 4.79 Å². The van der Waals surface area contributed by atoms with E-state index in [-0.39, 0.29) is 5.97 Å². The molecule has 2 aromatic heterocycles. The summed E-state index contributed by atoms with van der Waals surface area (Å²) in [4.78, 5) is 21.8. The molecule has 0 aliphatic rings. The first kappa shape index (κ1) is 22.4. The fourth-order valence-corrected chi connectivity index (χ4v) is 4.68. The Morgan fingerprint density at radius 2 is 1.78 bits per heavy atom. The molecule has 0 fully saturated rings. The van der Waals surface area contributed by atoms with Gasteiger partial charge in [0.15, 0.2) is 5.16 Å². The van der Waals surface area contributed by atoms with Gasteiger partial charge in [-0.3, -0.25) is 0 Å². The van der Waals surface area contributed by atoms with Crippen molar-refractivity contribution in [2.24, 2.45) is 5.92 Å². The van der Waals surface area contributed by atoms with Crippen LogP contribution in [0.15, 0.2) is 41.6 Å². The Kier molecular flexibility index (Phi) is 6.55. The van der Waals surface area contributed by atoms with Crippen molar-refractivity contribution in [1.29, 1.82) is 0 Å². The zero-order valence-electron chi connectivity index (χ0n) is 19.4. The number of benzene rings is 2. The molecule has 0 amide bonds. The molecule has 2 aromatic carbocycles. The molecule has 0 unspecified atom stereocenters. The number of aryl methyl sites for hydroxylation is 1. The number of methoxy groups -OCH3 is 1. The van der Waals surface area contributed by atoms with Gasteiger partial charge in [-0.1, -0.05) is 39.0 Å². The molecule has 6 nitrogen and oxygen atoms in total. The number of unbranched alkanes of at least 4 members (excludes halogenated alkanes) is 1. The van der Waals surface area contributed by atoms with Gasteiger partial charge in [0, 0.05) is 18.7 Å². The topological polar surface area (TPSA) is 61.9 Å². The largest absolute Gasteiger partial charge is 0.465 e. The lowest BCUT2D eigenvalue weighted by Crippen LogP contribution is -2.06. The Bertz CT molecular complexity index is 1270. The maximum absolute atomic E-state index is 12.0. The standard InChI is InChI=1S/C25H30N4O2S/c1-6-7-12-28-21-10-8-17(13-20(21)27-25(28)32-5)23-26-19-14-18(24(30)31-4)9-11-22(19)29(23)15-16(2)3/h8-11,13-14,16H,6-7,12,15H2,1-5H3. The second-order valence-electron chi connectivity index (χ2n) is 8.44. The van der Waals surface area contributed by atoms with E-state index in [0.29, 0.717) is 11.5 Å². The van der Waals surface area contributed by atoms with Crippen LogP contribution in [0, 0.1) is 5.92 Å². The van der Waals surface area contributed by atoms with Gasteiger partial charge in [0.25, 0.3) is 0 Å². The highest BCUT2D eigenvalue weighted by Gasteiger charge is 2.18. The Balaban J connectivity index is 1.86. The van der Waals surface area contributed by atoms with Gasteiger partial charge in [0.1, 0.15) is 5.82 Å². The van der Waals surface area contributed by atoms with Gasteiger partial charge in [-0.15, -0.1) is 0 Å². The van der Waals surface area contributed by atoms with Gasteiger partial charge in [-0.05, 0) is 55.0 Å². The number of carbonyl (C=O) groups excluding carboxylic acids is 1. The van der Waals surface area contributed by atoms with Gasteiger partial charge >= 0.3 is 5.97 Å². The quantitative estimate of drug-likeness (QED) is 0.243. The van der Waals surface area contributed by atoms with Gasteiger partial charge < -0.3 is 13.9 Å². The fourth-order valence-electron chi connectivity index (χ4n) is 4.08. The summed E-state index contributed by atoms with van der Waals surface area (Å²) in [5.74, 6) is 0.994. The highest BCUT2D eigenvalue weighted by Crippen LogP contribution is 2.31. The minimum absolute atomic E-state index is 0.351. The molecule has 32 heavy (non-hydrogen) atoms. The van der Waals surface area contributed by atoms with Crippen LogP contribution in [0.2, 0.25) is 0 Å². The molecule has 0 atom stereocenters. The van der Waals surface area contributed by atoms with Crippen molar-refractivity contribution in [3.8, 4) is 11.4 Å². The Labute approximate surface area is 193 Å². The van der Waals surface area contributed by atoms with Crippen LogP contribution in [0.1, 0.15) is 44.0 Å². The number of hydrogen-bond acceptors (Lipinski definition) is 5. The highest BCUT2D eigenvalue weighted by molar-refractivity contribution is 7.98. The first-order valence-corrected chi connectivity index (χ1v) is 12.3. The minimum Gasteiger partial charge on any atom is -0.465 e. The van der Waals surface area contributed by atoms with E-state index >= 15 is 0 Å². The normalized spacial score (nSPS) is 11.7. The third-order valence-corrected chi connectivity index (χ3v) is 6.28. The SMILES string of the molecule is CCCCn1c(SC)nc2cc(-c3nc4cc(C(=O)OC)ccc4n3CC(C)C)ccc21. The van der Waals surface area contributed by atoms with Crippen LogP contribution in [0.3, 0.4) is 0 Å². The van der Waals surface area contributed by atoms with Crippen LogP contribution in [-0.4, -0.2) is 38.4 Å².